The average Bonchev–Trinajstić information content (AvgIpc) is 2.19. The van der Waals surface area contributed by atoms with Crippen molar-refractivity contribution in [2.24, 2.45) is 5.92 Å². The second kappa shape index (κ2) is 8.28. The van der Waals surface area contributed by atoms with Crippen molar-refractivity contribution >= 4 is 0 Å². The summed E-state index contributed by atoms with van der Waals surface area (Å²) in [5.41, 5.74) is 0. The molecule has 0 amide bonds. The van der Waals surface area contributed by atoms with Gasteiger partial charge in [0.15, 0.2) is 0 Å². The van der Waals surface area contributed by atoms with Crippen molar-refractivity contribution in [1.29, 1.82) is 0 Å². The molecule has 0 aromatic rings. The van der Waals surface area contributed by atoms with Gasteiger partial charge in [-0.15, -0.1) is 0 Å². The molecule has 1 aliphatic carbocycles. The molecule has 0 saturated heterocycles. The second-order valence-electron chi connectivity index (χ2n) is 3.64. The van der Waals surface area contributed by atoms with Gasteiger partial charge in [-0.2, -0.15) is 4.74 Å². The Kier molecular flexibility index (Phi) is 8.34. The van der Waals surface area contributed by atoms with Gasteiger partial charge in [0.05, 0.1) is 6.61 Å². The quantitative estimate of drug-likeness (QED) is 0.406. The van der Waals surface area contributed by atoms with Gasteiger partial charge in [-0.3, -0.25) is 0 Å². The Hall–Kier alpha value is 0.110. The van der Waals surface area contributed by atoms with Crippen molar-refractivity contribution < 1.29 is 31.9 Å². The van der Waals surface area contributed by atoms with Crippen LogP contribution >= 0.6 is 0 Å². The van der Waals surface area contributed by atoms with Crippen molar-refractivity contribution in [3.05, 3.63) is 18.9 Å². The molecule has 1 aliphatic rings. The Bertz CT molecular complexity index is 180. The summed E-state index contributed by atoms with van der Waals surface area (Å²) >= 11 is 0. The minimum atomic E-state index is 0. The second-order valence-corrected chi connectivity index (χ2v) is 3.64. The van der Waals surface area contributed by atoms with Crippen LogP contribution in [0.5, 0.6) is 0 Å². The maximum absolute atomic E-state index is 5.88. The molecule has 0 radical (unpaired) electrons. The van der Waals surface area contributed by atoms with Gasteiger partial charge in [0.1, 0.15) is 13.0 Å². The fourth-order valence-corrected chi connectivity index (χ4v) is 2.03. The molecule has 0 heterocycles. The zero-order chi connectivity index (χ0) is 10.4. The van der Waals surface area contributed by atoms with Crippen LogP contribution in [0.3, 0.4) is 0 Å². The topological polar surface area (TPSA) is 18.5 Å². The minimum absolute atomic E-state index is 0. The molecule has 0 aromatic carbocycles. The molecule has 0 aromatic heterocycles. The van der Waals surface area contributed by atoms with Gasteiger partial charge in [-0.05, 0) is 19.8 Å². The van der Waals surface area contributed by atoms with E-state index in [1.165, 1.54) is 12.8 Å². The summed E-state index contributed by atoms with van der Waals surface area (Å²) in [6.45, 7) is 12.1. The van der Waals surface area contributed by atoms with Crippen LogP contribution in [0.2, 0.25) is 0 Å². The average molecular weight is 393 g/mol. The molecule has 2 nitrogen and oxygen atoms in total. The van der Waals surface area contributed by atoms with Crippen LogP contribution in [-0.2, 0) is 31.9 Å². The molecule has 0 N–H and O–H groups in total. The number of hydrogen-bond donors (Lipinski definition) is 0. The molecule has 0 aliphatic heterocycles. The smallest absolute Gasteiger partial charge is 0.535 e. The normalized spacial score (nSPS) is 25.2. The van der Waals surface area contributed by atoms with Crippen molar-refractivity contribution in [2.75, 3.05) is 6.61 Å². The van der Waals surface area contributed by atoms with Crippen LogP contribution in [0.25, 0.3) is 0 Å². The maximum Gasteiger partial charge on any atom is 1.00 e. The molecular formula is C12H20AuO2+. The summed E-state index contributed by atoms with van der Waals surface area (Å²) in [4.78, 5) is 0. The van der Waals surface area contributed by atoms with Gasteiger partial charge in [0.25, 0.3) is 0 Å². The van der Waals surface area contributed by atoms with E-state index < -0.39 is 0 Å². The Morgan fingerprint density at radius 1 is 1.40 bits per heavy atom. The predicted molar refractivity (Wildman–Crippen MR) is 56.2 cm³/mol. The van der Waals surface area contributed by atoms with Crippen molar-refractivity contribution in [3.8, 4) is 0 Å². The SMILES string of the molecule is [Au+].[CH-]=C(OCC)C1CCCCC1O[CH+]C. The number of hydrogen-bond acceptors (Lipinski definition) is 2. The molecule has 1 fully saturated rings. The Balaban J connectivity index is 0.00000196. The van der Waals surface area contributed by atoms with Crippen molar-refractivity contribution in [2.45, 2.75) is 45.6 Å². The maximum atomic E-state index is 5.88. The molecule has 15 heavy (non-hydrogen) atoms. The monoisotopic (exact) mass is 393 g/mol. The molecule has 1 rings (SSSR count). The zero-order valence-electron chi connectivity index (χ0n) is 9.46. The third kappa shape index (κ3) is 4.64. The molecule has 2 unspecified atom stereocenters. The van der Waals surface area contributed by atoms with Crippen molar-refractivity contribution in [1.82, 2.24) is 0 Å². The first kappa shape index (κ1) is 15.1. The molecule has 0 bridgehead atoms. The Morgan fingerprint density at radius 2 is 2.07 bits per heavy atom. The first-order valence-corrected chi connectivity index (χ1v) is 5.48. The largest absolute Gasteiger partial charge is 1.00 e. The molecule has 1 saturated carbocycles. The van der Waals surface area contributed by atoms with E-state index in [9.17, 15) is 0 Å². The number of ether oxygens (including phenoxy) is 2. The standard InChI is InChI=1S/C12H20O2.Au/c1-4-13-10(3)11-8-6-7-9-12(11)14-5-2;/h3,5,11-12H,4,6-9H2,1-2H3;/q;+1. The number of rotatable bonds is 5. The summed E-state index contributed by atoms with van der Waals surface area (Å²) < 4.78 is 10.9. The van der Waals surface area contributed by atoms with E-state index in [1.54, 1.807) is 6.61 Å². The van der Waals surface area contributed by atoms with Gasteiger partial charge in [0.2, 0.25) is 6.61 Å². The Morgan fingerprint density at radius 3 is 2.67 bits per heavy atom. The van der Waals surface area contributed by atoms with E-state index in [4.69, 9.17) is 16.1 Å². The molecule has 90 valence electrons. The molecule has 0 spiro atoms. The van der Waals surface area contributed by atoms with Gasteiger partial charge in [0, 0.05) is 5.92 Å². The molecular weight excluding hydrogens is 373 g/mol. The van der Waals surface area contributed by atoms with E-state index in [-0.39, 0.29) is 34.4 Å². The molecule has 2 atom stereocenters. The molecule has 3 heteroatoms. The van der Waals surface area contributed by atoms with E-state index in [2.05, 4.69) is 0 Å². The van der Waals surface area contributed by atoms with Gasteiger partial charge in [-0.25, -0.2) is 0 Å². The van der Waals surface area contributed by atoms with E-state index in [1.807, 2.05) is 13.8 Å². The van der Waals surface area contributed by atoms with Crippen molar-refractivity contribution in [3.63, 3.8) is 0 Å². The fraction of sp³-hybridized carbons (Fsp3) is 0.750. The van der Waals surface area contributed by atoms with Crippen LogP contribution in [0, 0.1) is 19.1 Å². The Labute approximate surface area is 109 Å². The first-order chi connectivity index (χ1) is 6.79. The van der Waals surface area contributed by atoms with Gasteiger partial charge < -0.3 is 11.3 Å². The van der Waals surface area contributed by atoms with Crippen LogP contribution in [-0.4, -0.2) is 12.7 Å². The van der Waals surface area contributed by atoms with Crippen LogP contribution < -0.4 is 0 Å². The van der Waals surface area contributed by atoms with E-state index in [0.717, 1.165) is 12.8 Å². The van der Waals surface area contributed by atoms with Crippen LogP contribution in [0.4, 0.5) is 0 Å². The van der Waals surface area contributed by atoms with Gasteiger partial charge >= 0.3 is 22.4 Å². The summed E-state index contributed by atoms with van der Waals surface area (Å²) in [6, 6.07) is 0. The zero-order valence-corrected chi connectivity index (χ0v) is 11.6. The summed E-state index contributed by atoms with van der Waals surface area (Å²) in [7, 11) is 0. The minimum Gasteiger partial charge on any atom is -0.535 e. The summed E-state index contributed by atoms with van der Waals surface area (Å²) in [6.07, 6.45) is 4.85. The van der Waals surface area contributed by atoms with E-state index >= 15 is 0 Å². The summed E-state index contributed by atoms with van der Waals surface area (Å²) in [5, 5.41) is 0. The van der Waals surface area contributed by atoms with Crippen LogP contribution in [0.1, 0.15) is 39.5 Å². The summed E-state index contributed by atoms with van der Waals surface area (Å²) in [5.74, 6) is 0.930. The van der Waals surface area contributed by atoms with E-state index in [0.29, 0.717) is 12.4 Å². The first-order valence-electron chi connectivity index (χ1n) is 5.48. The predicted octanol–water partition coefficient (Wildman–Crippen LogP) is 3.09. The third-order valence-electron chi connectivity index (χ3n) is 2.69. The fourth-order valence-electron chi connectivity index (χ4n) is 2.03. The van der Waals surface area contributed by atoms with Gasteiger partial charge in [-0.1, -0.05) is 18.6 Å². The van der Waals surface area contributed by atoms with Crippen LogP contribution in [0.15, 0.2) is 5.76 Å². The third-order valence-corrected chi connectivity index (χ3v) is 2.69.